The molecule has 3 rings (SSSR count). The molecule has 0 saturated carbocycles. The Morgan fingerprint density at radius 1 is 1.17 bits per heavy atom. The van der Waals surface area contributed by atoms with Gasteiger partial charge >= 0.3 is 0 Å². The van der Waals surface area contributed by atoms with Crippen molar-refractivity contribution in [3.8, 4) is 11.5 Å². The first-order valence-corrected chi connectivity index (χ1v) is 10.8. The minimum atomic E-state index is -0.0116. The van der Waals surface area contributed by atoms with Crippen molar-refractivity contribution >= 4 is 0 Å². The second-order valence-corrected chi connectivity index (χ2v) is 8.38. The number of rotatable bonds is 10. The van der Waals surface area contributed by atoms with E-state index in [2.05, 4.69) is 42.0 Å². The molecule has 8 heteroatoms. The lowest BCUT2D eigenvalue weighted by atomic mass is 10.0. The molecule has 0 unspecified atom stereocenters. The Bertz CT molecular complexity index is 814. The van der Waals surface area contributed by atoms with Crippen molar-refractivity contribution in [3.05, 3.63) is 42.2 Å². The highest BCUT2D eigenvalue weighted by atomic mass is 16.5. The molecule has 0 spiro atoms. The maximum atomic E-state index is 5.75. The van der Waals surface area contributed by atoms with E-state index >= 15 is 0 Å². The van der Waals surface area contributed by atoms with Crippen LogP contribution in [0.25, 0.3) is 0 Å². The van der Waals surface area contributed by atoms with E-state index in [0.717, 1.165) is 68.6 Å². The van der Waals surface area contributed by atoms with Crippen molar-refractivity contribution in [2.75, 3.05) is 46.9 Å². The van der Waals surface area contributed by atoms with Crippen LogP contribution in [-0.2, 0) is 6.54 Å². The van der Waals surface area contributed by atoms with Crippen LogP contribution in [-0.4, -0.2) is 67.2 Å². The molecule has 1 fully saturated rings. The monoisotopic (exact) mass is 416 g/mol. The fourth-order valence-electron chi connectivity index (χ4n) is 4.19. The third kappa shape index (κ3) is 5.17. The highest BCUT2D eigenvalue weighted by Crippen LogP contribution is 2.31. The second kappa shape index (κ2) is 10.5. The van der Waals surface area contributed by atoms with Gasteiger partial charge in [-0.1, -0.05) is 20.4 Å². The number of piperazine rings is 1. The molecule has 2 N–H and O–H groups in total. The van der Waals surface area contributed by atoms with E-state index in [-0.39, 0.29) is 6.04 Å². The van der Waals surface area contributed by atoms with Crippen molar-refractivity contribution in [3.63, 3.8) is 0 Å². The molecule has 1 saturated heterocycles. The van der Waals surface area contributed by atoms with Crippen LogP contribution in [0.4, 0.5) is 0 Å². The predicted molar refractivity (Wildman–Crippen MR) is 115 cm³/mol. The first kappa shape index (κ1) is 22.2. The number of tetrazole rings is 1. The number of hydrogen-bond acceptors (Lipinski definition) is 5. The van der Waals surface area contributed by atoms with E-state index in [1.54, 1.807) is 19.1 Å². The fourth-order valence-corrected chi connectivity index (χ4v) is 4.19. The van der Waals surface area contributed by atoms with Gasteiger partial charge in [-0.05, 0) is 47.0 Å². The summed E-state index contributed by atoms with van der Waals surface area (Å²) < 4.78 is 13.2. The Hall–Kier alpha value is -2.45. The van der Waals surface area contributed by atoms with Crippen LogP contribution >= 0.6 is 0 Å². The van der Waals surface area contributed by atoms with Crippen molar-refractivity contribution in [1.82, 2.24) is 20.2 Å². The zero-order valence-electron chi connectivity index (χ0n) is 18.7. The van der Waals surface area contributed by atoms with E-state index < -0.39 is 0 Å². The van der Waals surface area contributed by atoms with Gasteiger partial charge in [0.25, 0.3) is 0 Å². The summed E-state index contributed by atoms with van der Waals surface area (Å²) in [7, 11) is 3.41. The zero-order chi connectivity index (χ0) is 21.5. The molecular weight excluding hydrogens is 380 g/mol. The average molecular weight is 417 g/mol. The van der Waals surface area contributed by atoms with Crippen molar-refractivity contribution in [2.24, 2.45) is 5.92 Å². The number of ether oxygens (including phenoxy) is 2. The number of aromatic nitrogens is 4. The standard InChI is InChI=1S/C22H34N6O2/c1-6-10-26-12-14-27(15-13-26)21(19-16-18(29-4)7-8-20(19)30-5)22-23-24-25-28(22)11-9-17(2)3/h6-8,16-17,21H,1,9-15H2,2-5H3/p+2/t21-/m1/s1. The van der Waals surface area contributed by atoms with Gasteiger partial charge in [-0.25, -0.2) is 4.68 Å². The lowest BCUT2D eigenvalue weighted by Gasteiger charge is -2.34. The fraction of sp³-hybridized carbons (Fsp3) is 0.591. The summed E-state index contributed by atoms with van der Waals surface area (Å²) in [5, 5.41) is 12.9. The van der Waals surface area contributed by atoms with E-state index in [9.17, 15) is 0 Å². The third-order valence-electron chi connectivity index (χ3n) is 5.92. The molecule has 2 aromatic rings. The van der Waals surface area contributed by atoms with Crippen LogP contribution in [0.5, 0.6) is 11.5 Å². The number of quaternary nitrogens is 2. The zero-order valence-corrected chi connectivity index (χ0v) is 18.7. The first-order chi connectivity index (χ1) is 14.6. The minimum Gasteiger partial charge on any atom is -0.497 e. The topological polar surface area (TPSA) is 70.9 Å². The molecule has 0 bridgehead atoms. The Kier molecular flexibility index (Phi) is 7.81. The van der Waals surface area contributed by atoms with Crippen molar-refractivity contribution < 1.29 is 19.3 Å². The van der Waals surface area contributed by atoms with Gasteiger partial charge in [-0.3, -0.25) is 0 Å². The number of methoxy groups -OCH3 is 2. The summed E-state index contributed by atoms with van der Waals surface area (Å²) in [6, 6.07) is 5.97. The minimum absolute atomic E-state index is 0.0116. The normalized spacial score (nSPS) is 20.2. The van der Waals surface area contributed by atoms with E-state index in [4.69, 9.17) is 9.47 Å². The maximum absolute atomic E-state index is 5.75. The van der Waals surface area contributed by atoms with Crippen LogP contribution in [0.15, 0.2) is 30.9 Å². The van der Waals surface area contributed by atoms with Gasteiger partial charge in [0.15, 0.2) is 6.04 Å². The molecule has 164 valence electrons. The average Bonchev–Trinajstić information content (AvgIpc) is 3.22. The van der Waals surface area contributed by atoms with Gasteiger partial charge in [0.1, 0.15) is 37.7 Å². The summed E-state index contributed by atoms with van der Waals surface area (Å²) >= 11 is 0. The maximum Gasteiger partial charge on any atom is 0.214 e. The Labute approximate surface area is 179 Å². The molecule has 0 radical (unpaired) electrons. The molecule has 2 heterocycles. The molecule has 1 aromatic carbocycles. The summed E-state index contributed by atoms with van der Waals surface area (Å²) in [6.07, 6.45) is 3.04. The molecule has 0 amide bonds. The van der Waals surface area contributed by atoms with Crippen LogP contribution in [0, 0.1) is 5.92 Å². The van der Waals surface area contributed by atoms with Gasteiger partial charge in [0.2, 0.25) is 5.82 Å². The molecule has 1 aliphatic heterocycles. The molecule has 30 heavy (non-hydrogen) atoms. The number of benzene rings is 1. The molecule has 1 atom stereocenters. The lowest BCUT2D eigenvalue weighted by molar-refractivity contribution is -1.02. The Balaban J connectivity index is 1.99. The van der Waals surface area contributed by atoms with Gasteiger partial charge < -0.3 is 19.3 Å². The summed E-state index contributed by atoms with van der Waals surface area (Å²) in [4.78, 5) is 3.03. The van der Waals surface area contributed by atoms with Crippen LogP contribution < -0.4 is 19.3 Å². The number of nitrogens with one attached hydrogen (secondary N) is 2. The van der Waals surface area contributed by atoms with E-state index in [1.165, 1.54) is 4.90 Å². The van der Waals surface area contributed by atoms with Crippen LogP contribution in [0.3, 0.4) is 0 Å². The predicted octanol–water partition coefficient (Wildman–Crippen LogP) is -0.205. The highest BCUT2D eigenvalue weighted by Gasteiger charge is 2.37. The van der Waals surface area contributed by atoms with Gasteiger partial charge in [0.05, 0.1) is 26.3 Å². The first-order valence-electron chi connectivity index (χ1n) is 10.8. The Morgan fingerprint density at radius 2 is 1.93 bits per heavy atom. The number of aryl methyl sites for hydroxylation is 1. The third-order valence-corrected chi connectivity index (χ3v) is 5.92. The summed E-state index contributed by atoms with van der Waals surface area (Å²) in [6.45, 7) is 14.4. The second-order valence-electron chi connectivity index (χ2n) is 8.38. The van der Waals surface area contributed by atoms with Gasteiger partial charge in [-0.15, -0.1) is 5.10 Å². The van der Waals surface area contributed by atoms with Crippen molar-refractivity contribution in [2.45, 2.75) is 32.9 Å². The van der Waals surface area contributed by atoms with Crippen LogP contribution in [0.1, 0.15) is 37.7 Å². The SMILES string of the molecule is C=CC[NH+]1CC[NH+]([C@H](c2cc(OC)ccc2OC)c2nnnn2CCC(C)C)CC1. The number of nitrogens with zero attached hydrogens (tertiary/aromatic N) is 4. The van der Waals surface area contributed by atoms with Crippen LogP contribution in [0.2, 0.25) is 0 Å². The van der Waals surface area contributed by atoms with Gasteiger partial charge in [-0.2, -0.15) is 0 Å². The summed E-state index contributed by atoms with van der Waals surface area (Å²) in [5.41, 5.74) is 1.07. The molecular formula is C22H36N6O2+2. The summed E-state index contributed by atoms with van der Waals surface area (Å²) in [5.74, 6) is 3.13. The molecule has 0 aliphatic carbocycles. The highest BCUT2D eigenvalue weighted by molar-refractivity contribution is 5.43. The van der Waals surface area contributed by atoms with Crippen molar-refractivity contribution in [1.29, 1.82) is 0 Å². The quantitative estimate of drug-likeness (QED) is 0.525. The largest absolute Gasteiger partial charge is 0.497 e. The molecule has 1 aliphatic rings. The Morgan fingerprint density at radius 3 is 2.57 bits per heavy atom. The van der Waals surface area contributed by atoms with E-state index in [0.29, 0.717) is 5.92 Å². The number of hydrogen-bond donors (Lipinski definition) is 2. The molecule has 8 nitrogen and oxygen atoms in total. The molecule has 1 aromatic heterocycles. The van der Waals surface area contributed by atoms with Gasteiger partial charge in [0, 0.05) is 6.54 Å². The van der Waals surface area contributed by atoms with E-state index in [1.807, 2.05) is 22.9 Å². The smallest absolute Gasteiger partial charge is 0.214 e. The lowest BCUT2D eigenvalue weighted by Crippen LogP contribution is -3.28.